The highest BCUT2D eigenvalue weighted by molar-refractivity contribution is 5.90. The average Bonchev–Trinajstić information content (AvgIpc) is 2.48. The topological polar surface area (TPSA) is 180 Å². The van der Waals surface area contributed by atoms with Gasteiger partial charge in [0.2, 0.25) is 11.8 Å². The quantitative estimate of drug-likeness (QED) is 0.140. The molecule has 0 saturated heterocycles. The molecule has 0 rings (SSSR count). The fraction of sp³-hybridized carbons (Fsp3) is 0.733. The normalized spacial score (nSPS) is 13.0. The molecule has 25 heavy (non-hydrogen) atoms. The summed E-state index contributed by atoms with van der Waals surface area (Å²) in [5.41, 5.74) is 10.4. The van der Waals surface area contributed by atoms with Gasteiger partial charge in [-0.2, -0.15) is 0 Å². The van der Waals surface area contributed by atoms with Crippen molar-refractivity contribution in [2.75, 3.05) is 13.1 Å². The first-order valence-corrected chi connectivity index (χ1v) is 8.16. The van der Waals surface area contributed by atoms with Crippen molar-refractivity contribution < 1.29 is 24.6 Å². The maximum Gasteiger partial charge on any atom is 0.306 e. The molecule has 0 aliphatic rings. The van der Waals surface area contributed by atoms with Gasteiger partial charge in [0.05, 0.1) is 6.42 Å². The summed E-state index contributed by atoms with van der Waals surface area (Å²) in [6.07, 6.45) is -0.694. The lowest BCUT2D eigenvalue weighted by atomic mass is 10.0. The Kier molecular flexibility index (Phi) is 10.9. The number of nitrogens with one attached hydrogen (secondary N) is 2. The number of amides is 2. The molecule has 2 atom stereocenters. The van der Waals surface area contributed by atoms with Crippen LogP contribution in [0.1, 0.15) is 39.5 Å². The molecule has 0 aromatic carbocycles. The maximum atomic E-state index is 12.2. The number of aliphatic carboxylic acids is 1. The van der Waals surface area contributed by atoms with Crippen LogP contribution in [-0.2, 0) is 14.4 Å². The standard InChI is InChI=1S/C15H29N5O5/c1-9(2)7-10(20-14(25)11(21)8-12(22)23)13(24)18-5-3-4-6-19-15(16)17/h9-11,21H,3-8H2,1-2H3,(H,18,24)(H,20,25)(H,22,23)(H4,16,17,19)/t10-,11-/m0/s1. The van der Waals surface area contributed by atoms with Gasteiger partial charge in [-0.25, -0.2) is 0 Å². The molecule has 8 N–H and O–H groups in total. The molecule has 0 bridgehead atoms. The van der Waals surface area contributed by atoms with E-state index in [2.05, 4.69) is 15.6 Å². The Labute approximate surface area is 147 Å². The van der Waals surface area contributed by atoms with Gasteiger partial charge in [-0.15, -0.1) is 0 Å². The Balaban J connectivity index is 4.44. The third kappa shape index (κ3) is 11.8. The third-order valence-corrected chi connectivity index (χ3v) is 3.19. The summed E-state index contributed by atoms with van der Waals surface area (Å²) in [5.74, 6) is -2.42. The molecule has 0 fully saturated rings. The lowest BCUT2D eigenvalue weighted by Crippen LogP contribution is -2.50. The predicted octanol–water partition coefficient (Wildman–Crippen LogP) is -1.48. The van der Waals surface area contributed by atoms with Gasteiger partial charge in [-0.05, 0) is 25.2 Å². The number of hydrogen-bond acceptors (Lipinski definition) is 5. The summed E-state index contributed by atoms with van der Waals surface area (Å²) in [6, 6.07) is -0.839. The van der Waals surface area contributed by atoms with Crippen molar-refractivity contribution in [1.82, 2.24) is 10.6 Å². The van der Waals surface area contributed by atoms with Gasteiger partial charge >= 0.3 is 5.97 Å². The van der Waals surface area contributed by atoms with Crippen molar-refractivity contribution in [2.45, 2.75) is 51.7 Å². The van der Waals surface area contributed by atoms with Gasteiger partial charge in [-0.1, -0.05) is 13.8 Å². The Morgan fingerprint density at radius 3 is 2.28 bits per heavy atom. The SMILES string of the molecule is CC(C)C[C@H](NC(=O)[C@@H](O)CC(=O)O)C(=O)NCCCCN=C(N)N. The van der Waals surface area contributed by atoms with Crippen LogP contribution in [0.15, 0.2) is 4.99 Å². The van der Waals surface area contributed by atoms with Crippen LogP contribution in [0.25, 0.3) is 0 Å². The van der Waals surface area contributed by atoms with Crippen LogP contribution in [0.2, 0.25) is 0 Å². The molecule has 144 valence electrons. The van der Waals surface area contributed by atoms with E-state index in [-0.39, 0.29) is 17.8 Å². The highest BCUT2D eigenvalue weighted by atomic mass is 16.4. The van der Waals surface area contributed by atoms with Crippen LogP contribution >= 0.6 is 0 Å². The highest BCUT2D eigenvalue weighted by Gasteiger charge is 2.26. The van der Waals surface area contributed by atoms with Gasteiger partial charge < -0.3 is 32.3 Å². The second kappa shape index (κ2) is 12.1. The van der Waals surface area contributed by atoms with Crippen LogP contribution in [0.4, 0.5) is 0 Å². The first-order chi connectivity index (χ1) is 11.6. The van der Waals surface area contributed by atoms with Gasteiger partial charge in [-0.3, -0.25) is 19.4 Å². The second-order valence-corrected chi connectivity index (χ2v) is 6.11. The first kappa shape index (κ1) is 22.6. The fourth-order valence-corrected chi connectivity index (χ4v) is 2.01. The molecule has 10 heteroatoms. The summed E-state index contributed by atoms with van der Waals surface area (Å²) in [4.78, 5) is 38.4. The summed E-state index contributed by atoms with van der Waals surface area (Å²) in [7, 11) is 0. The number of carboxylic acids is 1. The molecule has 0 unspecified atom stereocenters. The van der Waals surface area contributed by atoms with Crippen LogP contribution in [-0.4, -0.2) is 59.2 Å². The molecule has 0 aromatic rings. The van der Waals surface area contributed by atoms with Gasteiger partial charge in [0, 0.05) is 13.1 Å². The van der Waals surface area contributed by atoms with Crippen LogP contribution < -0.4 is 22.1 Å². The monoisotopic (exact) mass is 359 g/mol. The van der Waals surface area contributed by atoms with Crippen molar-refractivity contribution >= 4 is 23.7 Å². The number of nitrogens with two attached hydrogens (primary N) is 2. The zero-order valence-corrected chi connectivity index (χ0v) is 14.7. The smallest absolute Gasteiger partial charge is 0.306 e. The summed E-state index contributed by atoms with van der Waals surface area (Å²) >= 11 is 0. The van der Waals surface area contributed by atoms with Crippen molar-refractivity contribution in [3.63, 3.8) is 0 Å². The molecule has 0 aliphatic heterocycles. The largest absolute Gasteiger partial charge is 0.481 e. The minimum Gasteiger partial charge on any atom is -0.481 e. The molecule has 0 radical (unpaired) electrons. The Bertz CT molecular complexity index is 477. The number of aliphatic hydroxyl groups is 1. The highest BCUT2D eigenvalue weighted by Crippen LogP contribution is 2.06. The molecule has 2 amide bonds. The Hall–Kier alpha value is -2.36. The Morgan fingerprint density at radius 1 is 1.12 bits per heavy atom. The number of carbonyl (C=O) groups excluding carboxylic acids is 2. The van der Waals surface area contributed by atoms with E-state index in [1.807, 2.05) is 13.8 Å². The summed E-state index contributed by atoms with van der Waals surface area (Å²) in [5, 5.41) is 23.2. The molecule has 0 heterocycles. The van der Waals surface area contributed by atoms with E-state index in [0.717, 1.165) is 0 Å². The van der Waals surface area contributed by atoms with Crippen molar-refractivity contribution in [3.05, 3.63) is 0 Å². The molecule has 0 aromatic heterocycles. The van der Waals surface area contributed by atoms with E-state index < -0.39 is 30.4 Å². The van der Waals surface area contributed by atoms with Gasteiger partial charge in [0.1, 0.15) is 12.1 Å². The third-order valence-electron chi connectivity index (χ3n) is 3.19. The molecular weight excluding hydrogens is 330 g/mol. The molecule has 10 nitrogen and oxygen atoms in total. The van der Waals surface area contributed by atoms with E-state index in [0.29, 0.717) is 32.4 Å². The number of aliphatic hydroxyl groups excluding tert-OH is 1. The minimum absolute atomic E-state index is 0.0173. The average molecular weight is 359 g/mol. The number of aliphatic imine (C=N–C) groups is 1. The number of carbonyl (C=O) groups is 3. The lowest BCUT2D eigenvalue weighted by Gasteiger charge is -2.21. The Morgan fingerprint density at radius 2 is 1.76 bits per heavy atom. The lowest BCUT2D eigenvalue weighted by molar-refractivity contribution is -0.144. The minimum atomic E-state index is -1.69. The number of guanidine groups is 1. The molecule has 0 spiro atoms. The van der Waals surface area contributed by atoms with E-state index >= 15 is 0 Å². The van der Waals surface area contributed by atoms with Crippen LogP contribution in [0, 0.1) is 5.92 Å². The van der Waals surface area contributed by atoms with E-state index in [4.69, 9.17) is 16.6 Å². The number of nitrogens with zero attached hydrogens (tertiary/aromatic N) is 1. The van der Waals surface area contributed by atoms with Crippen LogP contribution in [0.3, 0.4) is 0 Å². The molecular formula is C15H29N5O5. The van der Waals surface area contributed by atoms with Gasteiger partial charge in [0.25, 0.3) is 0 Å². The number of carboxylic acid groups (broad SMARTS) is 1. The van der Waals surface area contributed by atoms with Crippen molar-refractivity contribution in [1.29, 1.82) is 0 Å². The fourth-order valence-electron chi connectivity index (χ4n) is 2.01. The zero-order valence-electron chi connectivity index (χ0n) is 14.7. The van der Waals surface area contributed by atoms with E-state index in [1.165, 1.54) is 0 Å². The first-order valence-electron chi connectivity index (χ1n) is 8.16. The van der Waals surface area contributed by atoms with Crippen molar-refractivity contribution in [3.8, 4) is 0 Å². The van der Waals surface area contributed by atoms with Crippen molar-refractivity contribution in [2.24, 2.45) is 22.4 Å². The molecule has 0 saturated carbocycles. The van der Waals surface area contributed by atoms with Crippen LogP contribution in [0.5, 0.6) is 0 Å². The predicted molar refractivity (Wildman–Crippen MR) is 92.6 cm³/mol. The summed E-state index contributed by atoms with van der Waals surface area (Å²) < 4.78 is 0. The maximum absolute atomic E-state index is 12.2. The zero-order chi connectivity index (χ0) is 19.4. The van der Waals surface area contributed by atoms with E-state index in [9.17, 15) is 19.5 Å². The number of unbranched alkanes of at least 4 members (excludes halogenated alkanes) is 1. The number of hydrogen-bond donors (Lipinski definition) is 6. The summed E-state index contributed by atoms with van der Waals surface area (Å²) in [6.45, 7) is 4.62. The number of rotatable bonds is 12. The van der Waals surface area contributed by atoms with Gasteiger partial charge in [0.15, 0.2) is 5.96 Å². The molecule has 0 aliphatic carbocycles. The second-order valence-electron chi connectivity index (χ2n) is 6.11. The van der Waals surface area contributed by atoms with E-state index in [1.54, 1.807) is 0 Å².